The zero-order chi connectivity index (χ0) is 10.2. The second-order valence-electron chi connectivity index (χ2n) is 2.38. The summed E-state index contributed by atoms with van der Waals surface area (Å²) >= 11 is 0. The van der Waals surface area contributed by atoms with Gasteiger partial charge in [0.25, 0.3) is 0 Å². The van der Waals surface area contributed by atoms with Gasteiger partial charge in [-0.15, -0.1) is 0 Å². The number of rotatable bonds is 2. The van der Waals surface area contributed by atoms with Gasteiger partial charge in [-0.05, 0) is 17.7 Å². The maximum atomic E-state index is 12.4. The van der Waals surface area contributed by atoms with Gasteiger partial charge in [-0.2, -0.15) is 4.39 Å². The minimum absolute atomic E-state index is 0.345. The molecular weight excluding hydrogens is 183 g/mol. The van der Waals surface area contributed by atoms with Crippen LogP contribution in [0.1, 0.15) is 12.0 Å². The summed E-state index contributed by atoms with van der Waals surface area (Å²) in [6.45, 7) is 0.345. The largest absolute Gasteiger partial charge is 0.227 e. The third-order valence-electron chi connectivity index (χ3n) is 1.36. The molecule has 0 amide bonds. The van der Waals surface area contributed by atoms with Crippen molar-refractivity contribution in [2.75, 3.05) is 6.54 Å². The van der Waals surface area contributed by atoms with Gasteiger partial charge in [0.15, 0.2) is 0 Å². The Morgan fingerprint density at radius 2 is 2.43 bits per heavy atom. The number of aromatic nitrogens is 1. The van der Waals surface area contributed by atoms with E-state index in [1.54, 1.807) is 6.07 Å². The van der Waals surface area contributed by atoms with Crippen LogP contribution in [0.25, 0.3) is 10.4 Å². The molecule has 0 spiro atoms. The van der Waals surface area contributed by atoms with Crippen LogP contribution in [-0.2, 0) is 0 Å². The van der Waals surface area contributed by atoms with Gasteiger partial charge < -0.3 is 0 Å². The third-order valence-corrected chi connectivity index (χ3v) is 1.36. The Morgan fingerprint density at radius 3 is 3.07 bits per heavy atom. The Labute approximate surface area is 80.4 Å². The van der Waals surface area contributed by atoms with E-state index in [0.29, 0.717) is 18.5 Å². The molecule has 1 heterocycles. The lowest BCUT2D eigenvalue weighted by molar-refractivity contribution is 0.583. The SMILES string of the molecule is [N-]=[N+]=NCCC#Cc1ccc(F)nc1. The minimum Gasteiger partial charge on any atom is -0.227 e. The molecule has 14 heavy (non-hydrogen) atoms. The highest BCUT2D eigenvalue weighted by atomic mass is 19.1. The van der Waals surface area contributed by atoms with E-state index in [-0.39, 0.29) is 0 Å². The molecule has 1 aromatic rings. The summed E-state index contributed by atoms with van der Waals surface area (Å²) in [5, 5.41) is 3.32. The topological polar surface area (TPSA) is 61.7 Å². The van der Waals surface area contributed by atoms with E-state index < -0.39 is 5.95 Å². The summed E-state index contributed by atoms with van der Waals surface area (Å²) in [5.74, 6) is 5.02. The average Bonchev–Trinajstić information content (AvgIpc) is 2.21. The first kappa shape index (κ1) is 10.0. The summed E-state index contributed by atoms with van der Waals surface area (Å²) in [6.07, 6.45) is 1.84. The first-order chi connectivity index (χ1) is 6.83. The Hall–Kier alpha value is -2.05. The van der Waals surface area contributed by atoms with Crippen LogP contribution in [0.2, 0.25) is 0 Å². The molecule has 0 aliphatic heterocycles. The average molecular weight is 190 g/mol. The van der Waals surface area contributed by atoms with Crippen molar-refractivity contribution in [2.24, 2.45) is 5.11 Å². The summed E-state index contributed by atoms with van der Waals surface area (Å²) in [4.78, 5) is 6.03. The highest BCUT2D eigenvalue weighted by Gasteiger charge is 1.88. The summed E-state index contributed by atoms with van der Waals surface area (Å²) in [5.41, 5.74) is 8.62. The second kappa shape index (κ2) is 5.57. The van der Waals surface area contributed by atoms with Gasteiger partial charge in [-0.3, -0.25) is 0 Å². The lowest BCUT2D eigenvalue weighted by Crippen LogP contribution is -1.82. The normalized spacial score (nSPS) is 8.36. The zero-order valence-corrected chi connectivity index (χ0v) is 7.31. The number of azide groups is 1. The predicted molar refractivity (Wildman–Crippen MR) is 49.7 cm³/mol. The van der Waals surface area contributed by atoms with Crippen molar-refractivity contribution in [3.05, 3.63) is 40.3 Å². The monoisotopic (exact) mass is 190 g/mol. The molecule has 0 aliphatic rings. The Bertz CT molecular complexity index is 395. The molecule has 0 N–H and O–H groups in total. The Morgan fingerprint density at radius 1 is 1.57 bits per heavy atom. The molecule has 4 nitrogen and oxygen atoms in total. The van der Waals surface area contributed by atoms with E-state index in [0.717, 1.165) is 0 Å². The summed E-state index contributed by atoms with van der Waals surface area (Å²) < 4.78 is 12.4. The lowest BCUT2D eigenvalue weighted by atomic mass is 10.3. The van der Waals surface area contributed by atoms with Crippen molar-refractivity contribution < 1.29 is 4.39 Å². The van der Waals surface area contributed by atoms with Crippen LogP contribution in [0.4, 0.5) is 4.39 Å². The molecule has 0 aromatic carbocycles. The zero-order valence-electron chi connectivity index (χ0n) is 7.31. The van der Waals surface area contributed by atoms with Crippen molar-refractivity contribution in [1.29, 1.82) is 0 Å². The maximum Gasteiger partial charge on any atom is 0.212 e. The third kappa shape index (κ3) is 3.57. The van der Waals surface area contributed by atoms with E-state index in [2.05, 4.69) is 26.9 Å². The van der Waals surface area contributed by atoms with Crippen LogP contribution < -0.4 is 0 Å². The second-order valence-corrected chi connectivity index (χ2v) is 2.38. The standard InChI is InChI=1S/C9H7FN4/c10-9-5-4-8(7-12-9)3-1-2-6-13-14-11/h4-5,7H,2,6H2. The van der Waals surface area contributed by atoms with Gasteiger partial charge in [0, 0.05) is 29.6 Å². The van der Waals surface area contributed by atoms with Crippen LogP contribution >= 0.6 is 0 Å². The molecule has 1 aromatic heterocycles. The maximum absolute atomic E-state index is 12.4. The van der Waals surface area contributed by atoms with Gasteiger partial charge in [0.2, 0.25) is 5.95 Å². The highest BCUT2D eigenvalue weighted by molar-refractivity contribution is 5.31. The number of hydrogen-bond acceptors (Lipinski definition) is 2. The van der Waals surface area contributed by atoms with Crippen LogP contribution in [0, 0.1) is 17.8 Å². The van der Waals surface area contributed by atoms with Crippen LogP contribution in [-0.4, -0.2) is 11.5 Å². The van der Waals surface area contributed by atoms with Crippen LogP contribution in [0.15, 0.2) is 23.4 Å². The molecule has 0 radical (unpaired) electrons. The number of pyridine rings is 1. The van der Waals surface area contributed by atoms with E-state index in [9.17, 15) is 4.39 Å². The molecule has 0 fully saturated rings. The highest BCUT2D eigenvalue weighted by Crippen LogP contribution is 1.96. The fourth-order valence-corrected chi connectivity index (χ4v) is 0.765. The molecule has 0 unspecified atom stereocenters. The van der Waals surface area contributed by atoms with Gasteiger partial charge in [0.05, 0.1) is 0 Å². The summed E-state index contributed by atoms with van der Waals surface area (Å²) in [6, 6.07) is 2.79. The molecule has 1 rings (SSSR count). The van der Waals surface area contributed by atoms with Gasteiger partial charge in [0.1, 0.15) is 0 Å². The van der Waals surface area contributed by atoms with Gasteiger partial charge >= 0.3 is 0 Å². The number of nitrogens with zero attached hydrogens (tertiary/aromatic N) is 4. The molecule has 0 aliphatic carbocycles. The molecular formula is C9H7FN4. The van der Waals surface area contributed by atoms with Gasteiger partial charge in [-0.1, -0.05) is 17.0 Å². The fraction of sp³-hybridized carbons (Fsp3) is 0.222. The predicted octanol–water partition coefficient (Wildman–Crippen LogP) is 2.27. The Balaban J connectivity index is 2.51. The van der Waals surface area contributed by atoms with E-state index >= 15 is 0 Å². The molecule has 0 atom stereocenters. The Kier molecular flexibility index (Phi) is 3.99. The van der Waals surface area contributed by atoms with Crippen LogP contribution in [0.5, 0.6) is 0 Å². The first-order valence-corrected chi connectivity index (χ1v) is 3.94. The molecule has 0 saturated carbocycles. The molecule has 5 heteroatoms. The molecule has 0 saturated heterocycles. The quantitative estimate of drug-likeness (QED) is 0.176. The van der Waals surface area contributed by atoms with Crippen molar-refractivity contribution in [3.63, 3.8) is 0 Å². The number of halogens is 1. The first-order valence-electron chi connectivity index (χ1n) is 3.94. The molecule has 70 valence electrons. The van der Waals surface area contributed by atoms with Gasteiger partial charge in [-0.25, -0.2) is 4.98 Å². The van der Waals surface area contributed by atoms with Crippen molar-refractivity contribution >= 4 is 0 Å². The van der Waals surface area contributed by atoms with E-state index in [1.165, 1.54) is 12.3 Å². The fourth-order valence-electron chi connectivity index (χ4n) is 0.765. The lowest BCUT2D eigenvalue weighted by Gasteiger charge is -1.87. The number of hydrogen-bond donors (Lipinski definition) is 0. The van der Waals surface area contributed by atoms with E-state index in [1.807, 2.05) is 0 Å². The van der Waals surface area contributed by atoms with E-state index in [4.69, 9.17) is 5.53 Å². The minimum atomic E-state index is -0.523. The van der Waals surface area contributed by atoms with Crippen LogP contribution in [0.3, 0.4) is 0 Å². The summed E-state index contributed by atoms with van der Waals surface area (Å²) in [7, 11) is 0. The van der Waals surface area contributed by atoms with Crippen molar-refractivity contribution in [1.82, 2.24) is 4.98 Å². The smallest absolute Gasteiger partial charge is 0.212 e. The van der Waals surface area contributed by atoms with Crippen molar-refractivity contribution in [2.45, 2.75) is 6.42 Å². The molecule has 0 bridgehead atoms. The van der Waals surface area contributed by atoms with Crippen molar-refractivity contribution in [3.8, 4) is 11.8 Å².